The van der Waals surface area contributed by atoms with Gasteiger partial charge in [0.2, 0.25) is 0 Å². The van der Waals surface area contributed by atoms with Crippen molar-refractivity contribution < 1.29 is 19.4 Å². The quantitative estimate of drug-likeness (QED) is 0.296. The summed E-state index contributed by atoms with van der Waals surface area (Å²) < 4.78 is 11.6. The molecule has 3 aromatic rings. The first-order chi connectivity index (χ1) is 16.0. The maximum Gasteiger partial charge on any atom is 0.266 e. The highest BCUT2D eigenvalue weighted by molar-refractivity contribution is 6.09. The molecule has 1 amide bonds. The lowest BCUT2D eigenvalue weighted by molar-refractivity contribution is -0.112. The predicted octanol–water partition coefficient (Wildman–Crippen LogP) is 4.79. The number of hydrogen-bond acceptors (Lipinski definition) is 6. The first kappa shape index (κ1) is 22.9. The molecule has 0 spiro atoms. The summed E-state index contributed by atoms with van der Waals surface area (Å²) in [7, 11) is 0. The largest absolute Gasteiger partial charge is 0.508 e. The fraction of sp³-hybridized carbons (Fsp3) is 0.115. The van der Waals surface area contributed by atoms with Crippen molar-refractivity contribution in [3.8, 4) is 29.4 Å². The molecule has 0 atom stereocenters. The van der Waals surface area contributed by atoms with Gasteiger partial charge in [-0.15, -0.1) is 0 Å². The van der Waals surface area contributed by atoms with Crippen LogP contribution in [0, 0.1) is 22.7 Å². The second-order valence-corrected chi connectivity index (χ2v) is 6.87. The number of nitriles is 2. The standard InChI is InChI=1S/C26H21N3O4/c1-2-32-25-14-18(7-12-24(25)33-17-20-6-4-3-5-19(20)15-27)13-21(16-28)26(31)29-22-8-10-23(30)11-9-22/h3-14,30H,2,17H2,1H3,(H,29,31)/b21-13+. The van der Waals surface area contributed by atoms with Gasteiger partial charge in [-0.1, -0.05) is 24.3 Å². The number of anilines is 1. The summed E-state index contributed by atoms with van der Waals surface area (Å²) in [6, 6.07) is 22.2. The van der Waals surface area contributed by atoms with E-state index in [2.05, 4.69) is 11.4 Å². The Balaban J connectivity index is 1.79. The number of carbonyl (C=O) groups is 1. The number of phenolic OH excluding ortho intramolecular Hbond substituents is 1. The highest BCUT2D eigenvalue weighted by Crippen LogP contribution is 2.30. The van der Waals surface area contributed by atoms with Crippen molar-refractivity contribution in [2.75, 3.05) is 11.9 Å². The topological polar surface area (TPSA) is 115 Å². The highest BCUT2D eigenvalue weighted by atomic mass is 16.5. The lowest BCUT2D eigenvalue weighted by atomic mass is 10.1. The number of rotatable bonds is 8. The van der Waals surface area contributed by atoms with Crippen LogP contribution in [0.4, 0.5) is 5.69 Å². The molecule has 164 valence electrons. The lowest BCUT2D eigenvalue weighted by Crippen LogP contribution is -2.13. The summed E-state index contributed by atoms with van der Waals surface area (Å²) >= 11 is 0. The number of nitrogens with one attached hydrogen (secondary N) is 1. The lowest BCUT2D eigenvalue weighted by Gasteiger charge is -2.13. The van der Waals surface area contributed by atoms with Crippen LogP contribution in [0.2, 0.25) is 0 Å². The Hall–Kier alpha value is -4.75. The Labute approximate surface area is 191 Å². The monoisotopic (exact) mass is 439 g/mol. The van der Waals surface area contributed by atoms with Gasteiger partial charge in [-0.05, 0) is 61.0 Å². The van der Waals surface area contributed by atoms with Crippen molar-refractivity contribution in [3.63, 3.8) is 0 Å². The highest BCUT2D eigenvalue weighted by Gasteiger charge is 2.12. The fourth-order valence-corrected chi connectivity index (χ4v) is 2.97. The van der Waals surface area contributed by atoms with Gasteiger partial charge in [-0.25, -0.2) is 0 Å². The van der Waals surface area contributed by atoms with E-state index in [4.69, 9.17) is 9.47 Å². The maximum absolute atomic E-state index is 12.5. The molecule has 0 bridgehead atoms. The van der Waals surface area contributed by atoms with Crippen LogP contribution >= 0.6 is 0 Å². The van der Waals surface area contributed by atoms with Crippen LogP contribution in [0.5, 0.6) is 17.2 Å². The van der Waals surface area contributed by atoms with E-state index in [-0.39, 0.29) is 17.9 Å². The van der Waals surface area contributed by atoms with Crippen molar-refractivity contribution in [2.24, 2.45) is 0 Å². The second-order valence-electron chi connectivity index (χ2n) is 6.87. The van der Waals surface area contributed by atoms with E-state index in [9.17, 15) is 20.4 Å². The van der Waals surface area contributed by atoms with E-state index >= 15 is 0 Å². The average molecular weight is 439 g/mol. The molecule has 0 aromatic heterocycles. The minimum Gasteiger partial charge on any atom is -0.508 e. The molecule has 0 radical (unpaired) electrons. The third-order valence-electron chi connectivity index (χ3n) is 4.59. The van der Waals surface area contributed by atoms with Crippen LogP contribution in [-0.2, 0) is 11.4 Å². The molecular weight excluding hydrogens is 418 g/mol. The van der Waals surface area contributed by atoms with Gasteiger partial charge in [0, 0.05) is 11.3 Å². The van der Waals surface area contributed by atoms with Gasteiger partial charge in [0.25, 0.3) is 5.91 Å². The van der Waals surface area contributed by atoms with Crippen LogP contribution < -0.4 is 14.8 Å². The first-order valence-corrected chi connectivity index (χ1v) is 10.1. The number of ether oxygens (including phenoxy) is 2. The molecule has 0 aliphatic carbocycles. The summed E-state index contributed by atoms with van der Waals surface area (Å²) in [6.07, 6.45) is 1.45. The average Bonchev–Trinajstić information content (AvgIpc) is 2.83. The van der Waals surface area contributed by atoms with Crippen LogP contribution in [0.15, 0.2) is 72.3 Å². The van der Waals surface area contributed by atoms with Gasteiger partial charge >= 0.3 is 0 Å². The second kappa shape index (κ2) is 11.0. The van der Waals surface area contributed by atoms with Crippen molar-refractivity contribution in [2.45, 2.75) is 13.5 Å². The molecule has 0 aliphatic rings. The summed E-state index contributed by atoms with van der Waals surface area (Å²) in [4.78, 5) is 12.5. The van der Waals surface area contributed by atoms with Gasteiger partial charge in [0.05, 0.1) is 18.2 Å². The van der Waals surface area contributed by atoms with E-state index in [1.54, 1.807) is 30.3 Å². The van der Waals surface area contributed by atoms with Crippen molar-refractivity contribution in [1.82, 2.24) is 0 Å². The van der Waals surface area contributed by atoms with Gasteiger partial charge in [0.1, 0.15) is 24.0 Å². The summed E-state index contributed by atoms with van der Waals surface area (Å²) in [5.41, 5.74) is 2.23. The molecule has 0 unspecified atom stereocenters. The number of carbonyl (C=O) groups excluding carboxylic acids is 1. The number of nitrogens with zero attached hydrogens (tertiary/aromatic N) is 2. The third-order valence-corrected chi connectivity index (χ3v) is 4.59. The molecule has 0 saturated heterocycles. The molecule has 0 heterocycles. The van der Waals surface area contributed by atoms with Gasteiger partial charge in [-0.3, -0.25) is 4.79 Å². The van der Waals surface area contributed by atoms with E-state index in [1.165, 1.54) is 30.3 Å². The van der Waals surface area contributed by atoms with Crippen molar-refractivity contribution in [3.05, 3.63) is 89.0 Å². The molecule has 0 fully saturated rings. The van der Waals surface area contributed by atoms with E-state index in [1.807, 2.05) is 25.1 Å². The minimum absolute atomic E-state index is 0.0749. The minimum atomic E-state index is -0.574. The summed E-state index contributed by atoms with van der Waals surface area (Å²) in [5.74, 6) is 0.436. The Morgan fingerprint density at radius 1 is 1.03 bits per heavy atom. The number of amides is 1. The zero-order valence-electron chi connectivity index (χ0n) is 17.9. The van der Waals surface area contributed by atoms with Crippen molar-refractivity contribution >= 4 is 17.7 Å². The Kier molecular flexibility index (Phi) is 7.67. The molecular formula is C26H21N3O4. The number of phenols is 1. The Bertz CT molecular complexity index is 1250. The smallest absolute Gasteiger partial charge is 0.266 e. The first-order valence-electron chi connectivity index (χ1n) is 10.1. The normalized spacial score (nSPS) is 10.6. The van der Waals surface area contributed by atoms with Crippen LogP contribution in [0.3, 0.4) is 0 Å². The molecule has 7 nitrogen and oxygen atoms in total. The third kappa shape index (κ3) is 6.13. The fourth-order valence-electron chi connectivity index (χ4n) is 2.97. The van der Waals surface area contributed by atoms with Crippen molar-refractivity contribution in [1.29, 1.82) is 10.5 Å². The van der Waals surface area contributed by atoms with Gasteiger partial charge < -0.3 is 19.9 Å². The SMILES string of the molecule is CCOc1cc(/C=C(\C#N)C(=O)Nc2ccc(O)cc2)ccc1OCc1ccccc1C#N. The number of benzene rings is 3. The van der Waals surface area contributed by atoms with Crippen LogP contribution in [0.1, 0.15) is 23.6 Å². The summed E-state index contributed by atoms with van der Waals surface area (Å²) in [6.45, 7) is 2.42. The van der Waals surface area contributed by atoms with Crippen LogP contribution in [0.25, 0.3) is 6.08 Å². The number of aromatic hydroxyl groups is 1. The van der Waals surface area contributed by atoms with Gasteiger partial charge in [0.15, 0.2) is 11.5 Å². The van der Waals surface area contributed by atoms with E-state index in [0.29, 0.717) is 34.9 Å². The van der Waals surface area contributed by atoms with Gasteiger partial charge in [-0.2, -0.15) is 10.5 Å². The Morgan fingerprint density at radius 2 is 1.79 bits per heavy atom. The van der Waals surface area contributed by atoms with E-state index < -0.39 is 5.91 Å². The van der Waals surface area contributed by atoms with Crippen LogP contribution in [-0.4, -0.2) is 17.6 Å². The Morgan fingerprint density at radius 3 is 2.48 bits per heavy atom. The summed E-state index contributed by atoms with van der Waals surface area (Å²) in [5, 5.41) is 30.7. The molecule has 2 N–H and O–H groups in total. The molecule has 3 aromatic carbocycles. The molecule has 7 heteroatoms. The van der Waals surface area contributed by atoms with E-state index in [0.717, 1.165) is 5.56 Å². The zero-order chi connectivity index (χ0) is 23.6. The molecule has 3 rings (SSSR count). The molecule has 33 heavy (non-hydrogen) atoms. The zero-order valence-corrected chi connectivity index (χ0v) is 17.9. The maximum atomic E-state index is 12.5. The molecule has 0 saturated carbocycles. The number of hydrogen-bond donors (Lipinski definition) is 2. The molecule has 0 aliphatic heterocycles. The predicted molar refractivity (Wildman–Crippen MR) is 123 cm³/mol.